The molecule has 1 aliphatic heterocycles. The lowest BCUT2D eigenvalue weighted by atomic mass is 9.89. The van der Waals surface area contributed by atoms with Crippen LogP contribution in [0, 0.1) is 13.8 Å². The second-order valence-electron chi connectivity index (χ2n) is 8.62. The molecule has 1 aromatic heterocycles. The zero-order valence-electron chi connectivity index (χ0n) is 19.4. The van der Waals surface area contributed by atoms with Crippen molar-refractivity contribution in [3.05, 3.63) is 58.9 Å². The summed E-state index contributed by atoms with van der Waals surface area (Å²) in [5.41, 5.74) is 1.85. The molecular formula is C25H33FN4O2. The van der Waals surface area contributed by atoms with E-state index in [9.17, 15) is 9.59 Å². The molecule has 2 N–H and O–H groups in total. The van der Waals surface area contributed by atoms with Crippen molar-refractivity contribution in [1.82, 2.24) is 15.2 Å². The number of urea groups is 1. The lowest BCUT2D eigenvalue weighted by Gasteiger charge is -2.36. The molecule has 0 saturated carbocycles. The molecule has 6 nitrogen and oxygen atoms in total. The Morgan fingerprint density at radius 1 is 1.12 bits per heavy atom. The van der Waals surface area contributed by atoms with Crippen LogP contribution in [-0.2, 0) is 5.67 Å². The topological polar surface area (TPSA) is 74.3 Å². The van der Waals surface area contributed by atoms with Gasteiger partial charge in [-0.25, -0.2) is 9.18 Å². The van der Waals surface area contributed by atoms with Crippen LogP contribution in [0.5, 0.6) is 0 Å². The first-order chi connectivity index (χ1) is 15.3. The van der Waals surface area contributed by atoms with Gasteiger partial charge in [-0.2, -0.15) is 0 Å². The summed E-state index contributed by atoms with van der Waals surface area (Å²) >= 11 is 0. The molecule has 32 heavy (non-hydrogen) atoms. The molecule has 0 aliphatic carbocycles. The maximum atomic E-state index is 15.4. The van der Waals surface area contributed by atoms with Crippen LogP contribution in [-0.4, -0.2) is 41.0 Å². The van der Waals surface area contributed by atoms with Gasteiger partial charge in [-0.1, -0.05) is 26.0 Å². The molecule has 1 saturated heterocycles. The summed E-state index contributed by atoms with van der Waals surface area (Å²) in [6.07, 6.45) is 3.80. The monoisotopic (exact) mass is 440 g/mol. The van der Waals surface area contributed by atoms with E-state index in [1.807, 2.05) is 39.8 Å². The maximum Gasteiger partial charge on any atom is 0.319 e. The highest BCUT2D eigenvalue weighted by molar-refractivity contribution is 5.97. The highest BCUT2D eigenvalue weighted by Gasteiger charge is 2.38. The first kappa shape index (κ1) is 23.7. The predicted octanol–water partition coefficient (Wildman–Crippen LogP) is 5.11. The molecule has 1 aliphatic rings. The van der Waals surface area contributed by atoms with Crippen molar-refractivity contribution < 1.29 is 14.0 Å². The van der Waals surface area contributed by atoms with Crippen LogP contribution in [0.2, 0.25) is 0 Å². The minimum absolute atomic E-state index is 0.109. The van der Waals surface area contributed by atoms with Gasteiger partial charge in [-0.3, -0.25) is 9.78 Å². The van der Waals surface area contributed by atoms with E-state index in [1.54, 1.807) is 29.3 Å². The molecule has 0 spiro atoms. The number of hydrogen-bond acceptors (Lipinski definition) is 3. The van der Waals surface area contributed by atoms with Crippen LogP contribution in [0.25, 0.3) is 0 Å². The third-order valence-corrected chi connectivity index (χ3v) is 6.27. The summed E-state index contributed by atoms with van der Waals surface area (Å²) in [6.45, 7) is 8.49. The number of rotatable bonds is 6. The van der Waals surface area contributed by atoms with E-state index in [2.05, 4.69) is 15.6 Å². The Kier molecular flexibility index (Phi) is 7.48. The third-order valence-electron chi connectivity index (χ3n) is 6.27. The number of anilines is 1. The van der Waals surface area contributed by atoms with Crippen molar-refractivity contribution in [2.24, 2.45) is 0 Å². The van der Waals surface area contributed by atoms with E-state index in [1.165, 1.54) is 0 Å². The fraction of sp³-hybridized carbons (Fsp3) is 0.480. The average molecular weight is 441 g/mol. The number of likely N-dealkylation sites (tertiary alicyclic amines) is 1. The lowest BCUT2D eigenvalue weighted by molar-refractivity contribution is 0.0402. The molecule has 3 rings (SSSR count). The summed E-state index contributed by atoms with van der Waals surface area (Å²) < 4.78 is 15.4. The third kappa shape index (κ3) is 5.44. The minimum atomic E-state index is -1.52. The van der Waals surface area contributed by atoms with Gasteiger partial charge in [0.05, 0.1) is 5.69 Å². The fourth-order valence-electron chi connectivity index (χ4n) is 3.96. The van der Waals surface area contributed by atoms with Gasteiger partial charge >= 0.3 is 6.03 Å². The summed E-state index contributed by atoms with van der Waals surface area (Å²) in [5.74, 6) is -0.160. The summed E-state index contributed by atoms with van der Waals surface area (Å²) in [6, 6.07) is 8.69. The first-order valence-corrected chi connectivity index (χ1v) is 11.3. The number of pyridine rings is 1. The summed E-state index contributed by atoms with van der Waals surface area (Å²) in [7, 11) is 0. The zero-order valence-corrected chi connectivity index (χ0v) is 19.4. The number of nitrogens with zero attached hydrogens (tertiary/aromatic N) is 2. The molecule has 2 heterocycles. The van der Waals surface area contributed by atoms with E-state index >= 15 is 4.39 Å². The zero-order chi connectivity index (χ0) is 23.3. The van der Waals surface area contributed by atoms with Crippen LogP contribution >= 0.6 is 0 Å². The Hall–Kier alpha value is -2.96. The second kappa shape index (κ2) is 10.1. The Labute approximate surface area is 189 Å². The van der Waals surface area contributed by atoms with Crippen molar-refractivity contribution >= 4 is 17.6 Å². The Morgan fingerprint density at radius 3 is 2.41 bits per heavy atom. The number of aromatic nitrogens is 1. The van der Waals surface area contributed by atoms with Gasteiger partial charge in [0, 0.05) is 49.4 Å². The van der Waals surface area contributed by atoms with Crippen LogP contribution in [0.15, 0.2) is 36.5 Å². The lowest BCUT2D eigenvalue weighted by Crippen LogP contribution is -2.43. The molecule has 7 heteroatoms. The quantitative estimate of drug-likeness (QED) is 0.656. The number of benzene rings is 1. The summed E-state index contributed by atoms with van der Waals surface area (Å²) in [5, 5.41) is 5.80. The van der Waals surface area contributed by atoms with Crippen LogP contribution in [0.4, 0.5) is 14.9 Å². The Morgan fingerprint density at radius 2 is 1.81 bits per heavy atom. The van der Waals surface area contributed by atoms with Gasteiger partial charge in [0.15, 0.2) is 5.67 Å². The van der Waals surface area contributed by atoms with Crippen LogP contribution in [0.1, 0.15) is 66.7 Å². The summed E-state index contributed by atoms with van der Waals surface area (Å²) in [4.78, 5) is 31.3. The van der Waals surface area contributed by atoms with Crippen molar-refractivity contribution in [1.29, 1.82) is 0 Å². The van der Waals surface area contributed by atoms with E-state index in [0.717, 1.165) is 24.0 Å². The van der Waals surface area contributed by atoms with Crippen molar-refractivity contribution in [3.63, 3.8) is 0 Å². The molecular weight excluding hydrogens is 407 g/mol. The number of alkyl halides is 1. The molecule has 0 radical (unpaired) electrons. The van der Waals surface area contributed by atoms with E-state index in [4.69, 9.17) is 0 Å². The molecule has 1 fully saturated rings. The van der Waals surface area contributed by atoms with Gasteiger partial charge in [0.25, 0.3) is 5.91 Å². The maximum absolute atomic E-state index is 15.4. The number of carbonyl (C=O) groups excluding carboxylic acids is 2. The number of halogens is 1. The molecule has 0 bridgehead atoms. The second-order valence-corrected chi connectivity index (χ2v) is 8.62. The van der Waals surface area contributed by atoms with Gasteiger partial charge < -0.3 is 15.5 Å². The number of carbonyl (C=O) groups is 2. The van der Waals surface area contributed by atoms with Gasteiger partial charge in [-0.05, 0) is 56.0 Å². The number of amides is 3. The fourth-order valence-corrected chi connectivity index (χ4v) is 3.96. The Balaban J connectivity index is 1.66. The number of nitrogens with one attached hydrogen (secondary N) is 2. The number of piperidine rings is 1. The van der Waals surface area contributed by atoms with E-state index < -0.39 is 5.67 Å². The van der Waals surface area contributed by atoms with Gasteiger partial charge in [0.1, 0.15) is 0 Å². The SMILES string of the molecule is CCC(CC)NC(=O)Nc1cc(C(=O)N2CCC(F)(c3ccc(C)cn3)CC2)ccc1C. The van der Waals surface area contributed by atoms with Gasteiger partial charge in [0.2, 0.25) is 0 Å². The molecule has 1 aromatic carbocycles. The predicted molar refractivity (Wildman–Crippen MR) is 125 cm³/mol. The number of aryl methyl sites for hydroxylation is 2. The van der Waals surface area contributed by atoms with Crippen molar-refractivity contribution in [2.45, 2.75) is 65.1 Å². The largest absolute Gasteiger partial charge is 0.338 e. The number of hydrogen-bond donors (Lipinski definition) is 2. The highest BCUT2D eigenvalue weighted by atomic mass is 19.1. The van der Waals surface area contributed by atoms with Crippen LogP contribution < -0.4 is 10.6 Å². The van der Waals surface area contributed by atoms with Crippen molar-refractivity contribution in [2.75, 3.05) is 18.4 Å². The normalized spacial score (nSPS) is 15.5. The highest BCUT2D eigenvalue weighted by Crippen LogP contribution is 2.36. The van der Waals surface area contributed by atoms with Crippen molar-refractivity contribution in [3.8, 4) is 0 Å². The smallest absolute Gasteiger partial charge is 0.319 e. The molecule has 172 valence electrons. The molecule has 3 amide bonds. The standard InChI is InChI=1S/C25H33FN4O2/c1-5-20(6-2)28-24(32)29-21-15-19(9-8-18(21)4)23(31)30-13-11-25(26,12-14-30)22-10-7-17(3)16-27-22/h7-10,15-16,20H,5-6,11-14H2,1-4H3,(H2,28,29,32). The van der Waals surface area contributed by atoms with Gasteiger partial charge in [-0.15, -0.1) is 0 Å². The minimum Gasteiger partial charge on any atom is -0.338 e. The molecule has 0 atom stereocenters. The molecule has 0 unspecified atom stereocenters. The van der Waals surface area contributed by atoms with E-state index in [-0.39, 0.29) is 30.8 Å². The van der Waals surface area contributed by atoms with E-state index in [0.29, 0.717) is 30.0 Å². The van der Waals surface area contributed by atoms with Crippen LogP contribution in [0.3, 0.4) is 0 Å². The molecule has 2 aromatic rings. The first-order valence-electron chi connectivity index (χ1n) is 11.3. The average Bonchev–Trinajstić information content (AvgIpc) is 2.79. The Bertz CT molecular complexity index is 949.